The average molecular weight is 360 g/mol. The van der Waals surface area contributed by atoms with Crippen molar-refractivity contribution < 1.29 is 5.11 Å². The lowest BCUT2D eigenvalue weighted by molar-refractivity contribution is 0.455. The molecular weight excluding hydrogens is 350 g/mol. The number of aromatic amines is 1. The highest BCUT2D eigenvalue weighted by Gasteiger charge is 2.19. The predicted molar refractivity (Wildman–Crippen MR) is 91.8 cm³/mol. The van der Waals surface area contributed by atoms with Crippen LogP contribution in [-0.4, -0.2) is 35.5 Å². The van der Waals surface area contributed by atoms with E-state index in [-0.39, 0.29) is 11.7 Å². The number of nitrogens with one attached hydrogen (secondary N) is 1. The maximum absolute atomic E-state index is 9.90. The number of aryl methyl sites for hydroxylation is 1. The number of nitrogen functional groups attached to an aromatic ring is 1. The predicted octanol–water partition coefficient (Wildman–Crippen LogP) is 2.79. The molecule has 0 saturated heterocycles. The van der Waals surface area contributed by atoms with E-state index in [0.717, 1.165) is 15.9 Å². The van der Waals surface area contributed by atoms with Gasteiger partial charge in [0.05, 0.1) is 16.7 Å². The van der Waals surface area contributed by atoms with E-state index in [4.69, 9.17) is 17.3 Å². The number of anilines is 1. The first-order chi connectivity index (χ1) is 11.5. The van der Waals surface area contributed by atoms with Crippen LogP contribution < -0.4 is 5.73 Å². The van der Waals surface area contributed by atoms with E-state index < -0.39 is 0 Å². The van der Waals surface area contributed by atoms with Gasteiger partial charge in [-0.15, -0.1) is 10.2 Å². The van der Waals surface area contributed by atoms with Gasteiger partial charge in [0, 0.05) is 10.9 Å². The lowest BCUT2D eigenvalue weighted by atomic mass is 10.1. The second-order valence-electron chi connectivity index (χ2n) is 5.05. The number of H-pyrrole nitrogens is 1. The number of rotatable bonds is 2. The van der Waals surface area contributed by atoms with E-state index in [0.29, 0.717) is 27.0 Å². The lowest BCUT2D eigenvalue weighted by Crippen LogP contribution is -1.99. The van der Waals surface area contributed by atoms with Crippen molar-refractivity contribution in [1.82, 2.24) is 30.4 Å². The van der Waals surface area contributed by atoms with Crippen LogP contribution in [0.5, 0.6) is 5.88 Å². The molecule has 24 heavy (non-hydrogen) atoms. The molecule has 0 saturated carbocycles. The standard InChI is InChI=1S/C14H10ClN7OS/c1-5-20-22-14(24-5)11-10(19-13(23)12(16)18-11)6-2-7-4-17-21-9(7)8(15)3-6/h2-4H,1H3,(H2,16,18)(H,17,21)(H,19,23). The highest BCUT2D eigenvalue weighted by Crippen LogP contribution is 2.36. The van der Waals surface area contributed by atoms with E-state index in [1.807, 2.05) is 13.0 Å². The first-order valence-corrected chi connectivity index (χ1v) is 8.02. The van der Waals surface area contributed by atoms with E-state index in [9.17, 15) is 5.11 Å². The largest absolute Gasteiger partial charge is 0.491 e. The molecule has 0 unspecified atom stereocenters. The van der Waals surface area contributed by atoms with Crippen molar-refractivity contribution in [3.8, 4) is 27.8 Å². The summed E-state index contributed by atoms with van der Waals surface area (Å²) >= 11 is 7.66. The molecule has 0 atom stereocenters. The minimum atomic E-state index is -0.349. The third kappa shape index (κ3) is 2.34. The third-order valence-corrected chi connectivity index (χ3v) is 4.55. The van der Waals surface area contributed by atoms with Crippen LogP contribution in [0.2, 0.25) is 5.02 Å². The molecule has 8 nitrogen and oxygen atoms in total. The minimum Gasteiger partial charge on any atom is -0.491 e. The molecule has 0 amide bonds. The van der Waals surface area contributed by atoms with Crippen LogP contribution in [0.15, 0.2) is 18.3 Å². The van der Waals surface area contributed by atoms with Crippen LogP contribution in [0.1, 0.15) is 5.01 Å². The van der Waals surface area contributed by atoms with Crippen LogP contribution >= 0.6 is 22.9 Å². The van der Waals surface area contributed by atoms with Crippen molar-refractivity contribution in [3.05, 3.63) is 28.4 Å². The summed E-state index contributed by atoms with van der Waals surface area (Å²) in [7, 11) is 0. The molecule has 3 heterocycles. The Labute approximate surface area is 144 Å². The summed E-state index contributed by atoms with van der Waals surface area (Å²) in [6.07, 6.45) is 1.66. The maximum Gasteiger partial charge on any atom is 0.255 e. The number of benzene rings is 1. The topological polar surface area (TPSA) is 126 Å². The molecule has 4 N–H and O–H groups in total. The van der Waals surface area contributed by atoms with Gasteiger partial charge < -0.3 is 10.8 Å². The molecule has 0 aliphatic rings. The van der Waals surface area contributed by atoms with E-state index >= 15 is 0 Å². The number of aromatic nitrogens is 6. The fraction of sp³-hybridized carbons (Fsp3) is 0.0714. The Morgan fingerprint density at radius 2 is 2.04 bits per heavy atom. The van der Waals surface area contributed by atoms with E-state index in [1.54, 1.807) is 12.3 Å². The number of hydrogen-bond donors (Lipinski definition) is 3. The summed E-state index contributed by atoms with van der Waals surface area (Å²) in [4.78, 5) is 8.42. The van der Waals surface area contributed by atoms with Crippen molar-refractivity contribution in [2.75, 3.05) is 5.73 Å². The third-order valence-electron chi connectivity index (χ3n) is 3.41. The molecule has 4 rings (SSSR count). The Kier molecular flexibility index (Phi) is 3.32. The average Bonchev–Trinajstić information content (AvgIpc) is 3.18. The monoisotopic (exact) mass is 359 g/mol. The number of nitrogens with zero attached hydrogens (tertiary/aromatic N) is 5. The Hall–Kier alpha value is -2.78. The quantitative estimate of drug-likeness (QED) is 0.502. The van der Waals surface area contributed by atoms with Gasteiger partial charge in [-0.05, 0) is 19.1 Å². The molecule has 0 bridgehead atoms. The van der Waals surface area contributed by atoms with E-state index in [2.05, 4.69) is 30.4 Å². The fourth-order valence-corrected chi connectivity index (χ4v) is 3.28. The number of fused-ring (bicyclic) bond motifs is 1. The van der Waals surface area contributed by atoms with E-state index in [1.165, 1.54) is 11.3 Å². The molecule has 120 valence electrons. The van der Waals surface area contributed by atoms with Crippen LogP contribution in [0.3, 0.4) is 0 Å². The number of hydrogen-bond acceptors (Lipinski definition) is 8. The molecule has 0 radical (unpaired) electrons. The molecule has 0 fully saturated rings. The maximum atomic E-state index is 9.90. The van der Waals surface area contributed by atoms with Crippen molar-refractivity contribution in [2.24, 2.45) is 0 Å². The number of nitrogens with two attached hydrogens (primary N) is 1. The van der Waals surface area contributed by atoms with Gasteiger partial charge in [0.2, 0.25) is 0 Å². The summed E-state index contributed by atoms with van der Waals surface area (Å²) in [6.45, 7) is 1.84. The number of halogens is 1. The van der Waals surface area contributed by atoms with Crippen LogP contribution in [0.25, 0.3) is 32.9 Å². The molecule has 0 aliphatic heterocycles. The van der Waals surface area contributed by atoms with Crippen LogP contribution in [0, 0.1) is 6.92 Å². The Balaban J connectivity index is 2.00. The Morgan fingerprint density at radius 3 is 2.79 bits per heavy atom. The fourth-order valence-electron chi connectivity index (χ4n) is 2.33. The first-order valence-electron chi connectivity index (χ1n) is 6.83. The van der Waals surface area contributed by atoms with Gasteiger partial charge in [-0.25, -0.2) is 9.97 Å². The SMILES string of the molecule is Cc1nnc(-c2nc(N)c(O)nc2-c2cc(Cl)c3[nH]ncc3c2)s1. The van der Waals surface area contributed by atoms with Crippen molar-refractivity contribution in [2.45, 2.75) is 6.92 Å². The van der Waals surface area contributed by atoms with Crippen molar-refractivity contribution in [3.63, 3.8) is 0 Å². The van der Waals surface area contributed by atoms with Gasteiger partial charge >= 0.3 is 0 Å². The normalized spacial score (nSPS) is 11.2. The zero-order valence-corrected chi connectivity index (χ0v) is 13.9. The summed E-state index contributed by atoms with van der Waals surface area (Å²) in [5, 5.41) is 27.4. The minimum absolute atomic E-state index is 0.0721. The van der Waals surface area contributed by atoms with Gasteiger partial charge in [-0.2, -0.15) is 5.10 Å². The smallest absolute Gasteiger partial charge is 0.255 e. The number of aromatic hydroxyl groups is 1. The highest BCUT2D eigenvalue weighted by molar-refractivity contribution is 7.14. The summed E-state index contributed by atoms with van der Waals surface area (Å²) < 4.78 is 0. The Morgan fingerprint density at radius 1 is 1.21 bits per heavy atom. The Bertz CT molecular complexity index is 1070. The van der Waals surface area contributed by atoms with Gasteiger partial charge in [-0.1, -0.05) is 22.9 Å². The van der Waals surface area contributed by atoms with Gasteiger partial charge in [-0.3, -0.25) is 5.10 Å². The summed E-state index contributed by atoms with van der Waals surface area (Å²) in [5.41, 5.74) is 7.96. The summed E-state index contributed by atoms with van der Waals surface area (Å²) in [6, 6.07) is 3.57. The van der Waals surface area contributed by atoms with Crippen molar-refractivity contribution >= 4 is 39.7 Å². The second-order valence-corrected chi connectivity index (χ2v) is 6.64. The second kappa shape index (κ2) is 5.39. The highest BCUT2D eigenvalue weighted by atomic mass is 35.5. The van der Waals surface area contributed by atoms with Gasteiger partial charge in [0.1, 0.15) is 16.4 Å². The molecule has 0 aliphatic carbocycles. The van der Waals surface area contributed by atoms with Gasteiger partial charge in [0.25, 0.3) is 5.88 Å². The molecule has 10 heteroatoms. The molecule has 1 aromatic carbocycles. The molecule has 3 aromatic heterocycles. The first kappa shape index (κ1) is 14.8. The lowest BCUT2D eigenvalue weighted by Gasteiger charge is -2.09. The summed E-state index contributed by atoms with van der Waals surface area (Å²) in [5.74, 6) is -0.421. The van der Waals surface area contributed by atoms with Gasteiger partial charge in [0.15, 0.2) is 10.8 Å². The zero-order valence-electron chi connectivity index (χ0n) is 12.3. The van der Waals surface area contributed by atoms with Crippen LogP contribution in [0.4, 0.5) is 5.82 Å². The van der Waals surface area contributed by atoms with Crippen LogP contribution in [-0.2, 0) is 0 Å². The molecule has 0 spiro atoms. The van der Waals surface area contributed by atoms with Crippen molar-refractivity contribution in [1.29, 1.82) is 0 Å². The molecular formula is C14H10ClN7OS. The zero-order chi connectivity index (χ0) is 16.8. The molecule has 4 aromatic rings.